The van der Waals surface area contributed by atoms with Crippen LogP contribution in [0.25, 0.3) is 0 Å². The Morgan fingerprint density at radius 1 is 1.29 bits per heavy atom. The Balaban J connectivity index is 2.31. The summed E-state index contributed by atoms with van der Waals surface area (Å²) in [7, 11) is 0. The highest BCUT2D eigenvalue weighted by Crippen LogP contribution is 2.09. The second kappa shape index (κ2) is 5.24. The second-order valence-electron chi connectivity index (χ2n) is 2.91. The number of rotatable bonds is 4. The number of hydrogen-bond acceptors (Lipinski definition) is 2. The first-order chi connectivity index (χ1) is 6.72. The van der Waals surface area contributed by atoms with Crippen LogP contribution >= 0.6 is 0 Å². The van der Waals surface area contributed by atoms with E-state index in [4.69, 9.17) is 5.11 Å². The lowest BCUT2D eigenvalue weighted by atomic mass is 10.1. The molecule has 0 bridgehead atoms. The van der Waals surface area contributed by atoms with Crippen molar-refractivity contribution in [3.63, 3.8) is 0 Å². The fraction of sp³-hybridized carbons (Fsp3) is 0.300. The van der Waals surface area contributed by atoms with Crippen molar-refractivity contribution in [2.45, 2.75) is 6.42 Å². The smallest absolute Gasteiger partial charge is 0.249 e. The molecule has 14 heavy (non-hydrogen) atoms. The standard InChI is InChI=1S/C10H12NO3/c12-7-10(14)11-6-5-8-1-3-9(13)4-2-8/h1-4,13H,5-7H2,(H,11,14). The van der Waals surface area contributed by atoms with Crippen molar-refractivity contribution < 1.29 is 15.0 Å². The zero-order valence-corrected chi connectivity index (χ0v) is 7.69. The zero-order valence-electron chi connectivity index (χ0n) is 7.69. The molecule has 0 aromatic heterocycles. The van der Waals surface area contributed by atoms with E-state index in [0.29, 0.717) is 13.0 Å². The van der Waals surface area contributed by atoms with Crippen molar-refractivity contribution in [2.75, 3.05) is 13.2 Å². The van der Waals surface area contributed by atoms with Crippen LogP contribution in [0.4, 0.5) is 0 Å². The van der Waals surface area contributed by atoms with Crippen LogP contribution in [0.2, 0.25) is 0 Å². The molecular weight excluding hydrogens is 182 g/mol. The third-order valence-corrected chi connectivity index (χ3v) is 1.80. The van der Waals surface area contributed by atoms with E-state index in [1.54, 1.807) is 24.3 Å². The van der Waals surface area contributed by atoms with E-state index in [-0.39, 0.29) is 5.75 Å². The second-order valence-corrected chi connectivity index (χ2v) is 2.91. The highest BCUT2D eigenvalue weighted by atomic mass is 16.3. The van der Waals surface area contributed by atoms with Crippen LogP contribution in [0.15, 0.2) is 24.3 Å². The monoisotopic (exact) mass is 194 g/mol. The van der Waals surface area contributed by atoms with Crippen LogP contribution in [0.1, 0.15) is 5.56 Å². The topological polar surface area (TPSA) is 69.2 Å². The number of phenols is 1. The Labute approximate surface area is 82.2 Å². The molecule has 0 saturated carbocycles. The average molecular weight is 194 g/mol. The zero-order chi connectivity index (χ0) is 10.4. The molecule has 1 radical (unpaired) electrons. The van der Waals surface area contributed by atoms with E-state index in [1.165, 1.54) is 0 Å². The summed E-state index contributed by atoms with van der Waals surface area (Å²) in [6.45, 7) is -0.276. The van der Waals surface area contributed by atoms with Gasteiger partial charge in [0.2, 0.25) is 5.91 Å². The Kier molecular flexibility index (Phi) is 3.94. The maximum atomic E-state index is 10.6. The van der Waals surface area contributed by atoms with Crippen molar-refractivity contribution >= 4 is 5.91 Å². The van der Waals surface area contributed by atoms with Crippen LogP contribution < -0.4 is 5.32 Å². The molecular formula is C10H12NO3. The summed E-state index contributed by atoms with van der Waals surface area (Å²) in [6.07, 6.45) is 0.659. The van der Waals surface area contributed by atoms with Crippen molar-refractivity contribution in [2.24, 2.45) is 0 Å². The van der Waals surface area contributed by atoms with Gasteiger partial charge in [-0.15, -0.1) is 0 Å². The van der Waals surface area contributed by atoms with Gasteiger partial charge in [0.25, 0.3) is 0 Å². The molecule has 0 unspecified atom stereocenters. The van der Waals surface area contributed by atoms with Crippen LogP contribution in [0.5, 0.6) is 5.75 Å². The molecule has 0 aliphatic rings. The number of phenolic OH excluding ortho intramolecular Hbond substituents is 1. The predicted octanol–water partition coefficient (Wildman–Crippen LogP) is 0.481. The molecule has 0 aliphatic heterocycles. The molecule has 1 aromatic carbocycles. The molecule has 0 aliphatic carbocycles. The van der Waals surface area contributed by atoms with Gasteiger partial charge in [0, 0.05) is 6.54 Å². The Hall–Kier alpha value is -1.55. The molecule has 0 spiro atoms. The SMILES string of the molecule is [O]CC(=O)NCCc1ccc(O)cc1. The highest BCUT2D eigenvalue weighted by molar-refractivity contribution is 5.76. The summed E-state index contributed by atoms with van der Waals surface area (Å²) in [4.78, 5) is 10.6. The first-order valence-electron chi connectivity index (χ1n) is 4.35. The van der Waals surface area contributed by atoms with Crippen molar-refractivity contribution in [3.05, 3.63) is 29.8 Å². The van der Waals surface area contributed by atoms with Gasteiger partial charge in [-0.2, -0.15) is 0 Å². The lowest BCUT2D eigenvalue weighted by Crippen LogP contribution is -2.27. The van der Waals surface area contributed by atoms with E-state index in [9.17, 15) is 9.90 Å². The summed E-state index contributed by atoms with van der Waals surface area (Å²) in [6, 6.07) is 6.73. The van der Waals surface area contributed by atoms with Gasteiger partial charge in [0.15, 0.2) is 6.61 Å². The van der Waals surface area contributed by atoms with Gasteiger partial charge in [0.05, 0.1) is 0 Å². The molecule has 75 valence electrons. The predicted molar refractivity (Wildman–Crippen MR) is 50.4 cm³/mol. The lowest BCUT2D eigenvalue weighted by Gasteiger charge is -2.02. The number of hydrogen-bond donors (Lipinski definition) is 2. The van der Waals surface area contributed by atoms with Crippen molar-refractivity contribution in [1.29, 1.82) is 0 Å². The van der Waals surface area contributed by atoms with E-state index in [0.717, 1.165) is 5.56 Å². The van der Waals surface area contributed by atoms with Crippen molar-refractivity contribution in [1.82, 2.24) is 5.32 Å². The number of aromatic hydroxyl groups is 1. The van der Waals surface area contributed by atoms with Gasteiger partial charge in [0.1, 0.15) is 5.75 Å². The first kappa shape index (κ1) is 10.5. The van der Waals surface area contributed by atoms with Gasteiger partial charge in [-0.05, 0) is 24.1 Å². The number of nitrogens with one attached hydrogen (secondary N) is 1. The van der Waals surface area contributed by atoms with E-state index in [2.05, 4.69) is 5.32 Å². The Bertz CT molecular complexity index is 295. The fourth-order valence-corrected chi connectivity index (χ4v) is 1.06. The van der Waals surface area contributed by atoms with Crippen LogP contribution in [-0.2, 0) is 16.3 Å². The summed E-state index contributed by atoms with van der Waals surface area (Å²) in [5.74, 6) is -0.263. The van der Waals surface area contributed by atoms with Crippen LogP contribution in [0, 0.1) is 0 Å². The molecule has 0 heterocycles. The molecule has 0 saturated heterocycles. The largest absolute Gasteiger partial charge is 0.508 e. The minimum atomic E-state index is -0.727. The summed E-state index contributed by atoms with van der Waals surface area (Å²) in [5.41, 5.74) is 1.01. The number of amides is 1. The third kappa shape index (κ3) is 3.45. The van der Waals surface area contributed by atoms with E-state index < -0.39 is 12.5 Å². The maximum Gasteiger partial charge on any atom is 0.249 e. The molecule has 0 fully saturated rings. The third-order valence-electron chi connectivity index (χ3n) is 1.80. The quantitative estimate of drug-likeness (QED) is 0.732. The minimum absolute atomic E-state index is 0.220. The van der Waals surface area contributed by atoms with Gasteiger partial charge >= 0.3 is 0 Å². The van der Waals surface area contributed by atoms with E-state index in [1.807, 2.05) is 0 Å². The van der Waals surface area contributed by atoms with Gasteiger partial charge in [-0.3, -0.25) is 4.79 Å². The number of carbonyl (C=O) groups is 1. The minimum Gasteiger partial charge on any atom is -0.508 e. The van der Waals surface area contributed by atoms with Gasteiger partial charge in [-0.25, -0.2) is 5.11 Å². The molecule has 0 atom stereocenters. The summed E-state index contributed by atoms with van der Waals surface area (Å²) >= 11 is 0. The fourth-order valence-electron chi connectivity index (χ4n) is 1.06. The molecule has 4 nitrogen and oxygen atoms in total. The molecule has 4 heteroatoms. The van der Waals surface area contributed by atoms with Crippen LogP contribution in [0.3, 0.4) is 0 Å². The van der Waals surface area contributed by atoms with Gasteiger partial charge < -0.3 is 10.4 Å². The normalized spacial score (nSPS) is 9.79. The Morgan fingerprint density at radius 3 is 2.50 bits per heavy atom. The summed E-state index contributed by atoms with van der Waals surface area (Å²) in [5, 5.41) is 21.6. The summed E-state index contributed by atoms with van der Waals surface area (Å²) < 4.78 is 0. The highest BCUT2D eigenvalue weighted by Gasteiger charge is 1.98. The molecule has 1 aromatic rings. The maximum absolute atomic E-state index is 10.6. The Morgan fingerprint density at radius 2 is 1.93 bits per heavy atom. The number of carbonyl (C=O) groups excluding carboxylic acids is 1. The average Bonchev–Trinajstić information content (AvgIpc) is 2.21. The first-order valence-corrected chi connectivity index (χ1v) is 4.35. The van der Waals surface area contributed by atoms with Crippen LogP contribution in [-0.4, -0.2) is 24.2 Å². The van der Waals surface area contributed by atoms with Crippen molar-refractivity contribution in [3.8, 4) is 5.75 Å². The lowest BCUT2D eigenvalue weighted by molar-refractivity contribution is -0.125. The van der Waals surface area contributed by atoms with Gasteiger partial charge in [-0.1, -0.05) is 12.1 Å². The molecule has 1 amide bonds. The number of benzene rings is 1. The van der Waals surface area contributed by atoms with E-state index >= 15 is 0 Å². The molecule has 1 rings (SSSR count). The molecule has 2 N–H and O–H groups in total.